The quantitative estimate of drug-likeness (QED) is 0.0905. The molecule has 0 saturated heterocycles. The number of fused-ring (bicyclic) bond motifs is 1. The van der Waals surface area contributed by atoms with Crippen LogP contribution < -0.4 is 0 Å². The Labute approximate surface area is 227 Å². The number of halogens is 1. The number of pyridine rings is 1. The van der Waals surface area contributed by atoms with E-state index in [4.69, 9.17) is 30.8 Å². The highest BCUT2D eigenvalue weighted by Crippen LogP contribution is 2.29. The van der Waals surface area contributed by atoms with Crippen LogP contribution in [0.5, 0.6) is 0 Å². The van der Waals surface area contributed by atoms with Crippen LogP contribution in [-0.2, 0) is 26.3 Å². The molecular weight excluding hydrogens is 506 g/mol. The molecule has 0 aliphatic rings. The van der Waals surface area contributed by atoms with E-state index in [9.17, 15) is 5.11 Å². The predicted octanol–water partition coefficient (Wildman–Crippen LogP) is 8.12. The maximum atomic E-state index is 10.6. The van der Waals surface area contributed by atoms with Crippen molar-refractivity contribution in [2.45, 2.75) is 38.4 Å². The Kier molecular flexibility index (Phi) is 9.38. The van der Waals surface area contributed by atoms with Gasteiger partial charge in [0, 0.05) is 28.7 Å². The van der Waals surface area contributed by atoms with Crippen LogP contribution in [0.25, 0.3) is 23.1 Å². The van der Waals surface area contributed by atoms with Crippen LogP contribution in [0, 0.1) is 0 Å². The summed E-state index contributed by atoms with van der Waals surface area (Å²) in [5.74, 6) is 0. The molecule has 0 spiro atoms. The lowest BCUT2D eigenvalue weighted by Gasteiger charge is -2.23. The summed E-state index contributed by atoms with van der Waals surface area (Å²) in [4.78, 5) is 10.3. The van der Waals surface area contributed by atoms with Crippen LogP contribution in [-0.4, -0.2) is 16.3 Å². The van der Waals surface area contributed by atoms with Crippen molar-refractivity contribution in [1.82, 2.24) is 4.98 Å². The zero-order valence-electron chi connectivity index (χ0n) is 21.1. The minimum absolute atomic E-state index is 0.378. The second kappa shape index (κ2) is 12.7. The van der Waals surface area contributed by atoms with Crippen molar-refractivity contribution in [3.8, 4) is 0 Å². The first-order valence-electron chi connectivity index (χ1n) is 12.0. The van der Waals surface area contributed by atoms with Gasteiger partial charge in [-0.2, -0.15) is 4.89 Å². The van der Waals surface area contributed by atoms with E-state index in [-0.39, 0.29) is 6.10 Å². The molecule has 0 bridgehead atoms. The maximum Gasteiger partial charge on any atom is 0.121 e. The first-order chi connectivity index (χ1) is 17.8. The third-order valence-corrected chi connectivity index (χ3v) is 6.44. The Morgan fingerprint density at radius 3 is 2.62 bits per heavy atom. The molecule has 0 unspecified atom stereocenters. The van der Waals surface area contributed by atoms with Crippen LogP contribution >= 0.6 is 23.6 Å². The van der Waals surface area contributed by atoms with Gasteiger partial charge in [0.2, 0.25) is 0 Å². The van der Waals surface area contributed by atoms with Gasteiger partial charge in [-0.05, 0) is 79.3 Å². The Morgan fingerprint density at radius 1 is 1.00 bits per heavy atom. The number of hydrogen-bond acceptors (Lipinski definition) is 6. The van der Waals surface area contributed by atoms with Crippen LogP contribution in [0.1, 0.15) is 54.3 Å². The topological polar surface area (TPSA) is 60.8 Å². The summed E-state index contributed by atoms with van der Waals surface area (Å²) in [5, 5.41) is 17.3. The van der Waals surface area contributed by atoms with Crippen LogP contribution in [0.3, 0.4) is 0 Å². The van der Waals surface area contributed by atoms with E-state index in [1.807, 2.05) is 84.9 Å². The average Bonchev–Trinajstić information content (AvgIpc) is 2.89. The fraction of sp³-hybridized carbons (Fsp3) is 0.233. The van der Waals surface area contributed by atoms with Gasteiger partial charge in [-0.3, -0.25) is 0 Å². The van der Waals surface area contributed by atoms with E-state index in [2.05, 4.69) is 6.07 Å². The van der Waals surface area contributed by atoms with E-state index in [1.165, 1.54) is 0 Å². The van der Waals surface area contributed by atoms with Gasteiger partial charge in [0.15, 0.2) is 0 Å². The molecule has 4 aromatic rings. The van der Waals surface area contributed by atoms with Gasteiger partial charge in [0.05, 0.1) is 16.8 Å². The standard InChI is InChI=1S/C30H30ClNO4S/c1-30(2,33)27-10-5-4-8-22(27)14-18-29(34-35-36-37-3)24-9-6-7-21(19-24)11-16-26-17-13-23-12-15-25(31)20-28(23)32-26/h4-13,15-17,19-20,29,33H,14,18H2,1-3H3/b16-11+/t29-/m0/s1. The van der Waals surface area contributed by atoms with Crippen molar-refractivity contribution < 1.29 is 19.4 Å². The molecule has 5 nitrogen and oxygen atoms in total. The van der Waals surface area contributed by atoms with Crippen molar-refractivity contribution >= 4 is 46.7 Å². The largest absolute Gasteiger partial charge is 0.386 e. The first kappa shape index (κ1) is 27.3. The summed E-state index contributed by atoms with van der Waals surface area (Å²) in [7, 11) is 0. The smallest absolute Gasteiger partial charge is 0.121 e. The second-order valence-corrected chi connectivity index (χ2v) is 10.1. The zero-order chi connectivity index (χ0) is 26.3. The lowest BCUT2D eigenvalue weighted by atomic mass is 9.90. The summed E-state index contributed by atoms with van der Waals surface area (Å²) < 4.78 is 4.92. The van der Waals surface area contributed by atoms with Crippen molar-refractivity contribution in [3.05, 3.63) is 112 Å². The van der Waals surface area contributed by atoms with Crippen molar-refractivity contribution in [2.24, 2.45) is 0 Å². The lowest BCUT2D eigenvalue weighted by molar-refractivity contribution is -0.480. The molecule has 3 aromatic carbocycles. The van der Waals surface area contributed by atoms with Crippen LogP contribution in [0.2, 0.25) is 5.02 Å². The van der Waals surface area contributed by atoms with Gasteiger partial charge in [-0.1, -0.05) is 77.3 Å². The number of aliphatic hydroxyl groups is 1. The fourth-order valence-electron chi connectivity index (χ4n) is 4.23. The number of rotatable bonds is 11. The minimum Gasteiger partial charge on any atom is -0.386 e. The van der Waals surface area contributed by atoms with E-state index >= 15 is 0 Å². The van der Waals surface area contributed by atoms with Gasteiger partial charge in [-0.15, -0.1) is 4.33 Å². The SMILES string of the molecule is CSOOO[C@@H](CCc1ccccc1C(C)(C)O)c1cccc(/C=C/c2ccc3ccc(Cl)cc3n2)c1. The fourth-order valence-corrected chi connectivity index (χ4v) is 4.48. The third kappa shape index (κ3) is 7.65. The molecule has 0 radical (unpaired) electrons. The lowest BCUT2D eigenvalue weighted by Crippen LogP contribution is -2.18. The van der Waals surface area contributed by atoms with Gasteiger partial charge in [-0.25, -0.2) is 4.98 Å². The zero-order valence-corrected chi connectivity index (χ0v) is 22.6. The maximum absolute atomic E-state index is 10.6. The number of hydrogen-bond donors (Lipinski definition) is 1. The Bertz CT molecular complexity index is 1370. The number of benzene rings is 3. The van der Waals surface area contributed by atoms with Crippen LogP contribution in [0.4, 0.5) is 0 Å². The highest BCUT2D eigenvalue weighted by molar-refractivity contribution is 7.93. The van der Waals surface area contributed by atoms with Gasteiger partial charge >= 0.3 is 0 Å². The molecule has 0 amide bonds. The van der Waals surface area contributed by atoms with Gasteiger partial charge in [0.25, 0.3) is 0 Å². The van der Waals surface area contributed by atoms with E-state index in [1.54, 1.807) is 20.1 Å². The summed E-state index contributed by atoms with van der Waals surface area (Å²) in [6, 6.07) is 25.7. The molecule has 1 N–H and O–H groups in total. The second-order valence-electron chi connectivity index (χ2n) is 9.22. The van der Waals surface area contributed by atoms with Crippen molar-refractivity contribution in [1.29, 1.82) is 0 Å². The molecule has 0 aliphatic carbocycles. The normalized spacial score (nSPS) is 12.9. The Hall–Kier alpha value is -2.71. The third-order valence-electron chi connectivity index (χ3n) is 6.01. The number of aryl methyl sites for hydroxylation is 1. The van der Waals surface area contributed by atoms with Crippen molar-refractivity contribution in [2.75, 3.05) is 6.26 Å². The summed E-state index contributed by atoms with van der Waals surface area (Å²) in [6.45, 7) is 3.59. The van der Waals surface area contributed by atoms with E-state index in [0.29, 0.717) is 17.9 Å². The number of aromatic nitrogens is 1. The molecule has 192 valence electrons. The van der Waals surface area contributed by atoms with Gasteiger partial charge < -0.3 is 5.11 Å². The Balaban J connectivity index is 1.53. The highest BCUT2D eigenvalue weighted by Gasteiger charge is 2.21. The summed E-state index contributed by atoms with van der Waals surface area (Å²) in [5.41, 5.74) is 4.68. The molecule has 0 aliphatic heterocycles. The average molecular weight is 536 g/mol. The van der Waals surface area contributed by atoms with Crippen molar-refractivity contribution in [3.63, 3.8) is 0 Å². The summed E-state index contributed by atoms with van der Waals surface area (Å²) in [6.07, 6.45) is 6.68. The number of nitrogens with zero attached hydrogens (tertiary/aromatic N) is 1. The molecule has 0 fully saturated rings. The predicted molar refractivity (Wildman–Crippen MR) is 152 cm³/mol. The minimum atomic E-state index is -0.932. The highest BCUT2D eigenvalue weighted by atomic mass is 35.5. The molecule has 1 aromatic heterocycles. The van der Waals surface area contributed by atoms with Crippen LogP contribution in [0.15, 0.2) is 78.9 Å². The molecule has 37 heavy (non-hydrogen) atoms. The van der Waals surface area contributed by atoms with E-state index < -0.39 is 5.60 Å². The molecule has 1 atom stereocenters. The Morgan fingerprint density at radius 2 is 1.81 bits per heavy atom. The molecular formula is C30H30ClNO4S. The monoisotopic (exact) mass is 535 g/mol. The van der Waals surface area contributed by atoms with Gasteiger partial charge in [0.1, 0.15) is 6.10 Å². The van der Waals surface area contributed by atoms with E-state index in [0.717, 1.165) is 50.9 Å². The molecule has 1 heterocycles. The molecule has 0 saturated carbocycles. The molecule has 4 rings (SSSR count). The molecule has 7 heteroatoms. The summed E-state index contributed by atoms with van der Waals surface area (Å²) >= 11 is 7.19. The first-order valence-corrected chi connectivity index (χ1v) is 13.5.